The molecule has 1 unspecified atom stereocenters. The van der Waals surface area contributed by atoms with Crippen molar-refractivity contribution in [1.82, 2.24) is 0 Å². The number of hydrogen-bond donors (Lipinski definition) is 0. The fourth-order valence-electron chi connectivity index (χ4n) is 3.41. The maximum Gasteiger partial charge on any atom is 0.332 e. The summed E-state index contributed by atoms with van der Waals surface area (Å²) >= 11 is 1.36. The first-order chi connectivity index (χ1) is 16.5. The zero-order chi connectivity index (χ0) is 25.8. The highest BCUT2D eigenvalue weighted by Crippen LogP contribution is 2.32. The number of rotatable bonds is 8. The Labute approximate surface area is 204 Å². The van der Waals surface area contributed by atoms with E-state index in [4.69, 9.17) is 4.84 Å². The van der Waals surface area contributed by atoms with Gasteiger partial charge < -0.3 is 4.84 Å². The van der Waals surface area contributed by atoms with Crippen LogP contribution >= 0.6 is 11.8 Å². The normalized spacial score (nSPS) is 17.7. The molecule has 0 radical (unpaired) electrons. The van der Waals surface area contributed by atoms with E-state index in [0.29, 0.717) is 11.1 Å². The Morgan fingerprint density at radius 3 is 2.09 bits per heavy atom. The summed E-state index contributed by atoms with van der Waals surface area (Å²) in [6.07, 6.45) is 2.93. The van der Waals surface area contributed by atoms with Gasteiger partial charge in [0.2, 0.25) is 11.3 Å². The monoisotopic (exact) mass is 495 g/mol. The van der Waals surface area contributed by atoms with Crippen molar-refractivity contribution >= 4 is 34.9 Å². The molecule has 1 aliphatic rings. The summed E-state index contributed by atoms with van der Waals surface area (Å²) in [5.41, 5.74) is -0.235. The number of nitrogens with zero attached hydrogens (tertiary/aromatic N) is 3. The average Bonchev–Trinajstić information content (AvgIpc) is 2.81. The Bertz CT molecular complexity index is 1280. The zero-order valence-electron chi connectivity index (χ0n) is 19.1. The summed E-state index contributed by atoms with van der Waals surface area (Å²) in [5.74, 6) is -1.22. The van der Waals surface area contributed by atoms with Gasteiger partial charge >= 0.3 is 5.97 Å². The van der Waals surface area contributed by atoms with E-state index in [1.54, 1.807) is 43.3 Å². The van der Waals surface area contributed by atoms with Crippen LogP contribution in [0.2, 0.25) is 0 Å². The van der Waals surface area contributed by atoms with Gasteiger partial charge in [0.05, 0.1) is 4.92 Å². The summed E-state index contributed by atoms with van der Waals surface area (Å²) in [6.45, 7) is 4.30. The second kappa shape index (κ2) is 10.4. The van der Waals surface area contributed by atoms with E-state index in [2.05, 4.69) is 5.16 Å². The van der Waals surface area contributed by atoms with Crippen LogP contribution in [0, 0.1) is 20.2 Å². The van der Waals surface area contributed by atoms with Crippen LogP contribution in [0.3, 0.4) is 0 Å². The van der Waals surface area contributed by atoms with Gasteiger partial charge in [-0.05, 0) is 55.5 Å². The lowest BCUT2D eigenvalue weighted by Crippen LogP contribution is -2.35. The second-order valence-corrected chi connectivity index (χ2v) is 9.19. The molecule has 0 bridgehead atoms. The summed E-state index contributed by atoms with van der Waals surface area (Å²) < 4.78 is 0. The van der Waals surface area contributed by atoms with Crippen LogP contribution in [0.5, 0.6) is 0 Å². The topological polar surface area (TPSA) is 142 Å². The molecular weight excluding hydrogens is 474 g/mol. The van der Waals surface area contributed by atoms with E-state index in [1.807, 2.05) is 0 Å². The molecule has 10 nitrogen and oxygen atoms in total. The molecule has 0 aliphatic heterocycles. The number of nitro groups is 2. The predicted octanol–water partition coefficient (Wildman–Crippen LogP) is 5.16. The minimum Gasteiger partial charge on any atom is -0.318 e. The van der Waals surface area contributed by atoms with Crippen molar-refractivity contribution in [1.29, 1.82) is 0 Å². The predicted molar refractivity (Wildman–Crippen MR) is 129 cm³/mol. The van der Waals surface area contributed by atoms with Crippen LogP contribution in [0.15, 0.2) is 86.8 Å². The van der Waals surface area contributed by atoms with Gasteiger partial charge in [-0.25, -0.2) is 4.79 Å². The lowest BCUT2D eigenvalue weighted by atomic mass is 9.83. The fraction of sp³-hybridized carbons (Fsp3) is 0.208. The van der Waals surface area contributed by atoms with Gasteiger partial charge in [-0.2, -0.15) is 0 Å². The Morgan fingerprint density at radius 1 is 1.03 bits per heavy atom. The molecule has 0 saturated carbocycles. The van der Waals surface area contributed by atoms with Gasteiger partial charge in [-0.15, -0.1) is 0 Å². The Kier molecular flexibility index (Phi) is 7.60. The first-order valence-electron chi connectivity index (χ1n) is 10.4. The van der Waals surface area contributed by atoms with Crippen molar-refractivity contribution in [3.05, 3.63) is 97.6 Å². The van der Waals surface area contributed by atoms with Gasteiger partial charge in [0.15, 0.2) is 5.71 Å². The van der Waals surface area contributed by atoms with E-state index < -0.39 is 27.1 Å². The molecule has 0 fully saturated rings. The highest BCUT2D eigenvalue weighted by atomic mass is 32.2. The van der Waals surface area contributed by atoms with E-state index in [9.17, 15) is 29.8 Å². The quantitative estimate of drug-likeness (QED) is 0.161. The van der Waals surface area contributed by atoms with Crippen molar-refractivity contribution < 1.29 is 24.3 Å². The van der Waals surface area contributed by atoms with Gasteiger partial charge in [-0.3, -0.25) is 25.0 Å². The zero-order valence-corrected chi connectivity index (χ0v) is 19.9. The molecule has 180 valence electrons. The number of carbonyl (C=O) groups is 2. The number of Topliss-reactive ketones (excluding diaryl/α,β-unsaturated/α-hetero) is 1. The van der Waals surface area contributed by atoms with Crippen LogP contribution in [-0.4, -0.2) is 32.8 Å². The fourth-order valence-corrected chi connectivity index (χ4v) is 4.22. The van der Waals surface area contributed by atoms with Crippen molar-refractivity contribution in [3.8, 4) is 0 Å². The summed E-state index contributed by atoms with van der Waals surface area (Å²) in [6, 6.07) is 12.7. The molecule has 2 aromatic carbocycles. The van der Waals surface area contributed by atoms with Crippen LogP contribution in [0.1, 0.15) is 37.6 Å². The SMILES string of the molecule is CC(=O)O/N=C(/C(=O)c1ccc(Sc2ccc([N+](=O)[O-])cc2)cc1)C1=C(C)CC(C)([N+](=O)[O-])C=C1. The molecule has 0 aromatic heterocycles. The molecule has 35 heavy (non-hydrogen) atoms. The lowest BCUT2D eigenvalue weighted by molar-refractivity contribution is -0.550. The summed E-state index contributed by atoms with van der Waals surface area (Å²) in [5, 5.41) is 26.0. The Morgan fingerprint density at radius 2 is 1.60 bits per heavy atom. The van der Waals surface area contributed by atoms with Gasteiger partial charge in [0.1, 0.15) is 0 Å². The molecule has 0 heterocycles. The molecule has 0 saturated heterocycles. The Balaban J connectivity index is 1.85. The number of non-ortho nitro benzene ring substituents is 1. The first kappa shape index (κ1) is 25.5. The third kappa shape index (κ3) is 6.07. The number of carbonyl (C=O) groups excluding carboxylic acids is 2. The van der Waals surface area contributed by atoms with Crippen molar-refractivity contribution in [3.63, 3.8) is 0 Å². The van der Waals surface area contributed by atoms with Crippen molar-refractivity contribution in [2.45, 2.75) is 42.5 Å². The molecule has 1 atom stereocenters. The molecule has 1 aliphatic carbocycles. The average molecular weight is 496 g/mol. The van der Waals surface area contributed by atoms with Gasteiger partial charge in [0.25, 0.3) is 5.69 Å². The first-order valence-corrected chi connectivity index (χ1v) is 11.2. The van der Waals surface area contributed by atoms with E-state index in [0.717, 1.165) is 16.7 Å². The molecule has 0 amide bonds. The van der Waals surface area contributed by atoms with Crippen LogP contribution in [0.4, 0.5) is 5.69 Å². The van der Waals surface area contributed by atoms with Gasteiger partial charge in [0, 0.05) is 58.3 Å². The van der Waals surface area contributed by atoms with E-state index in [-0.39, 0.29) is 23.4 Å². The van der Waals surface area contributed by atoms with E-state index in [1.165, 1.54) is 43.0 Å². The number of allylic oxidation sites excluding steroid dienone is 2. The van der Waals surface area contributed by atoms with Crippen LogP contribution in [-0.2, 0) is 9.63 Å². The number of benzene rings is 2. The maximum atomic E-state index is 13.3. The van der Waals surface area contributed by atoms with Crippen LogP contribution < -0.4 is 0 Å². The standard InChI is InChI=1S/C24H21N3O7S/c1-15-14-24(3,27(32)33)13-12-21(15)22(25-34-16(2)28)23(29)17-4-8-19(9-5-17)35-20-10-6-18(7-11-20)26(30)31/h4-13H,14H2,1-3H3/b25-22+. The number of oxime groups is 1. The lowest BCUT2D eigenvalue weighted by Gasteiger charge is -2.23. The van der Waals surface area contributed by atoms with Crippen LogP contribution in [0.25, 0.3) is 0 Å². The highest BCUT2D eigenvalue weighted by Gasteiger charge is 2.38. The largest absolute Gasteiger partial charge is 0.332 e. The minimum absolute atomic E-state index is 0.00484. The second-order valence-electron chi connectivity index (χ2n) is 8.05. The molecule has 0 spiro atoms. The number of nitro benzene ring substituents is 1. The highest BCUT2D eigenvalue weighted by molar-refractivity contribution is 7.99. The van der Waals surface area contributed by atoms with Crippen molar-refractivity contribution in [2.75, 3.05) is 0 Å². The van der Waals surface area contributed by atoms with Crippen molar-refractivity contribution in [2.24, 2.45) is 5.16 Å². The molecule has 11 heteroatoms. The minimum atomic E-state index is -1.31. The number of hydrogen-bond acceptors (Lipinski definition) is 9. The smallest absolute Gasteiger partial charge is 0.318 e. The Hall–Kier alpha value is -4.12. The molecule has 2 aromatic rings. The molecule has 0 N–H and O–H groups in total. The maximum absolute atomic E-state index is 13.3. The third-order valence-corrected chi connectivity index (χ3v) is 6.26. The molecule has 3 rings (SSSR count). The van der Waals surface area contributed by atoms with E-state index >= 15 is 0 Å². The molecular formula is C24H21N3O7S. The van der Waals surface area contributed by atoms with Gasteiger partial charge in [-0.1, -0.05) is 22.5 Å². The summed E-state index contributed by atoms with van der Waals surface area (Å²) in [4.78, 5) is 52.3. The summed E-state index contributed by atoms with van der Waals surface area (Å²) in [7, 11) is 0. The third-order valence-electron chi connectivity index (χ3n) is 5.24. The number of ketones is 1.